The van der Waals surface area contributed by atoms with Gasteiger partial charge in [0.2, 0.25) is 5.95 Å². The topological polar surface area (TPSA) is 80.2 Å². The van der Waals surface area contributed by atoms with Crippen LogP contribution in [0.15, 0.2) is 22.8 Å². The molecule has 3 N–H and O–H groups in total. The van der Waals surface area contributed by atoms with Crippen molar-refractivity contribution >= 4 is 11.8 Å². The second-order valence-electron chi connectivity index (χ2n) is 6.56. The Labute approximate surface area is 143 Å². The van der Waals surface area contributed by atoms with Crippen LogP contribution in [0.5, 0.6) is 0 Å². The van der Waals surface area contributed by atoms with E-state index in [0.29, 0.717) is 11.9 Å². The first-order chi connectivity index (χ1) is 11.7. The molecule has 0 spiro atoms. The van der Waals surface area contributed by atoms with Crippen LogP contribution in [0.1, 0.15) is 36.8 Å². The average molecular weight is 329 g/mol. The molecule has 0 unspecified atom stereocenters. The van der Waals surface area contributed by atoms with Crippen molar-refractivity contribution in [1.29, 1.82) is 0 Å². The van der Waals surface area contributed by atoms with Crippen molar-refractivity contribution < 1.29 is 4.42 Å². The van der Waals surface area contributed by atoms with Crippen molar-refractivity contribution in [3.05, 3.63) is 35.4 Å². The highest BCUT2D eigenvalue weighted by atomic mass is 16.3. The van der Waals surface area contributed by atoms with Gasteiger partial charge in [-0.25, -0.2) is 4.98 Å². The van der Waals surface area contributed by atoms with Gasteiger partial charge in [-0.15, -0.1) is 0 Å². The number of nitrogen functional groups attached to an aromatic ring is 1. The maximum Gasteiger partial charge on any atom is 0.222 e. The molecule has 1 fully saturated rings. The molecule has 0 saturated carbocycles. The molecule has 0 aromatic carbocycles. The summed E-state index contributed by atoms with van der Waals surface area (Å²) in [7, 11) is 0. The third-order valence-corrected chi connectivity index (χ3v) is 4.72. The van der Waals surface area contributed by atoms with E-state index in [0.717, 1.165) is 55.4 Å². The van der Waals surface area contributed by atoms with Gasteiger partial charge >= 0.3 is 0 Å². The molecule has 1 atom stereocenters. The van der Waals surface area contributed by atoms with Gasteiger partial charge in [-0.05, 0) is 50.8 Å². The summed E-state index contributed by atoms with van der Waals surface area (Å²) in [6, 6.07) is 3.99. The number of hydrogen-bond donors (Lipinski definition) is 2. The van der Waals surface area contributed by atoms with Crippen LogP contribution < -0.4 is 11.1 Å². The molecule has 3 rings (SSSR count). The zero-order chi connectivity index (χ0) is 16.9. The smallest absolute Gasteiger partial charge is 0.222 e. The van der Waals surface area contributed by atoms with E-state index < -0.39 is 0 Å². The minimum Gasteiger partial charge on any atom is -0.468 e. The summed E-state index contributed by atoms with van der Waals surface area (Å²) in [6.45, 7) is 8.17. The lowest BCUT2D eigenvalue weighted by atomic mass is 9.98. The number of aryl methyl sites for hydroxylation is 1. The number of nitrogens with zero attached hydrogens (tertiary/aromatic N) is 3. The van der Waals surface area contributed by atoms with E-state index in [1.54, 1.807) is 6.26 Å². The molecule has 0 aliphatic carbocycles. The predicted octanol–water partition coefficient (Wildman–Crippen LogP) is 2.85. The van der Waals surface area contributed by atoms with Gasteiger partial charge in [0.15, 0.2) is 0 Å². The number of nitrogens with one attached hydrogen (secondary N) is 1. The first-order valence-electron chi connectivity index (χ1n) is 8.77. The molecule has 6 heteroatoms. The number of rotatable bonds is 6. The second kappa shape index (κ2) is 7.66. The average Bonchev–Trinajstić information content (AvgIpc) is 3.08. The summed E-state index contributed by atoms with van der Waals surface area (Å²) >= 11 is 0. The number of furan rings is 1. The monoisotopic (exact) mass is 329 g/mol. The molecule has 6 nitrogen and oxygen atoms in total. The van der Waals surface area contributed by atoms with E-state index in [2.05, 4.69) is 34.0 Å². The number of anilines is 2. The maximum absolute atomic E-state index is 5.83. The third kappa shape index (κ3) is 4.06. The van der Waals surface area contributed by atoms with Crippen LogP contribution in [-0.4, -0.2) is 34.5 Å². The number of hydrogen-bond acceptors (Lipinski definition) is 6. The SMILES string of the molecule is CCc1nc(N)nc(NC[C@@H]2CCCN(Cc3ccco3)C2)c1C. The third-order valence-electron chi connectivity index (χ3n) is 4.72. The summed E-state index contributed by atoms with van der Waals surface area (Å²) in [6.07, 6.45) is 5.07. The van der Waals surface area contributed by atoms with Gasteiger partial charge in [-0.3, -0.25) is 4.90 Å². The van der Waals surface area contributed by atoms with Crippen molar-refractivity contribution in [3.8, 4) is 0 Å². The number of aromatic nitrogens is 2. The Kier molecular flexibility index (Phi) is 5.35. The van der Waals surface area contributed by atoms with Crippen LogP contribution in [0.3, 0.4) is 0 Å². The molecule has 2 aromatic heterocycles. The summed E-state index contributed by atoms with van der Waals surface area (Å²) in [5.41, 5.74) is 7.96. The Balaban J connectivity index is 1.57. The van der Waals surface area contributed by atoms with Crippen molar-refractivity contribution in [2.24, 2.45) is 5.92 Å². The van der Waals surface area contributed by atoms with E-state index in [4.69, 9.17) is 10.2 Å². The van der Waals surface area contributed by atoms with Crippen LogP contribution in [0, 0.1) is 12.8 Å². The minimum atomic E-state index is 0.350. The number of likely N-dealkylation sites (tertiary alicyclic amines) is 1. The standard InChI is InChI=1S/C18H27N5O/c1-3-16-13(2)17(22-18(19)21-16)20-10-14-6-4-8-23(11-14)12-15-7-5-9-24-15/h5,7,9,14H,3-4,6,8,10-12H2,1-2H3,(H3,19,20,21,22)/t14-/m0/s1. The zero-order valence-corrected chi connectivity index (χ0v) is 14.6. The van der Waals surface area contributed by atoms with E-state index in [-0.39, 0.29) is 0 Å². The highest BCUT2D eigenvalue weighted by molar-refractivity contribution is 5.48. The number of piperidine rings is 1. The Morgan fingerprint density at radius 3 is 3.04 bits per heavy atom. The molecule has 0 amide bonds. The lowest BCUT2D eigenvalue weighted by molar-refractivity contribution is 0.162. The molecular formula is C18H27N5O. The normalized spacial score (nSPS) is 18.7. The van der Waals surface area contributed by atoms with Crippen molar-refractivity contribution in [2.45, 2.75) is 39.7 Å². The Morgan fingerprint density at radius 2 is 2.29 bits per heavy atom. The quantitative estimate of drug-likeness (QED) is 0.848. The number of nitrogens with two attached hydrogens (primary N) is 1. The summed E-state index contributed by atoms with van der Waals surface area (Å²) in [5.74, 6) is 2.87. The van der Waals surface area contributed by atoms with Gasteiger partial charge in [0.25, 0.3) is 0 Å². The summed E-state index contributed by atoms with van der Waals surface area (Å²) in [5, 5.41) is 3.50. The van der Waals surface area contributed by atoms with Crippen molar-refractivity contribution in [3.63, 3.8) is 0 Å². The lowest BCUT2D eigenvalue weighted by Crippen LogP contribution is -2.37. The van der Waals surface area contributed by atoms with Crippen LogP contribution in [0.4, 0.5) is 11.8 Å². The minimum absolute atomic E-state index is 0.350. The van der Waals surface area contributed by atoms with Gasteiger partial charge in [0.1, 0.15) is 11.6 Å². The fraction of sp³-hybridized carbons (Fsp3) is 0.556. The Hall–Kier alpha value is -2.08. The van der Waals surface area contributed by atoms with Gasteiger partial charge in [0, 0.05) is 18.7 Å². The molecule has 3 heterocycles. The molecule has 1 aliphatic heterocycles. The Bertz CT molecular complexity index is 656. The van der Waals surface area contributed by atoms with E-state index in [1.165, 1.54) is 12.8 Å². The van der Waals surface area contributed by atoms with E-state index in [1.807, 2.05) is 12.1 Å². The fourth-order valence-electron chi connectivity index (χ4n) is 3.42. The lowest BCUT2D eigenvalue weighted by Gasteiger charge is -2.32. The van der Waals surface area contributed by atoms with Gasteiger partial charge in [0.05, 0.1) is 18.5 Å². The largest absolute Gasteiger partial charge is 0.468 e. The first-order valence-corrected chi connectivity index (χ1v) is 8.77. The molecule has 0 bridgehead atoms. The van der Waals surface area contributed by atoms with E-state index in [9.17, 15) is 0 Å². The highest BCUT2D eigenvalue weighted by Crippen LogP contribution is 2.21. The zero-order valence-electron chi connectivity index (χ0n) is 14.6. The molecule has 0 radical (unpaired) electrons. The van der Waals surface area contributed by atoms with Crippen LogP contribution in [-0.2, 0) is 13.0 Å². The van der Waals surface area contributed by atoms with Gasteiger partial charge in [-0.1, -0.05) is 6.92 Å². The van der Waals surface area contributed by atoms with Crippen LogP contribution >= 0.6 is 0 Å². The molecule has 1 aliphatic rings. The van der Waals surface area contributed by atoms with Gasteiger partial charge in [-0.2, -0.15) is 4.98 Å². The predicted molar refractivity (Wildman–Crippen MR) is 95.8 cm³/mol. The summed E-state index contributed by atoms with van der Waals surface area (Å²) in [4.78, 5) is 11.1. The Morgan fingerprint density at radius 1 is 1.42 bits per heavy atom. The molecule has 1 saturated heterocycles. The highest BCUT2D eigenvalue weighted by Gasteiger charge is 2.21. The van der Waals surface area contributed by atoms with Gasteiger partial charge < -0.3 is 15.5 Å². The molecule has 2 aromatic rings. The van der Waals surface area contributed by atoms with Crippen molar-refractivity contribution in [2.75, 3.05) is 30.7 Å². The molecule has 130 valence electrons. The van der Waals surface area contributed by atoms with E-state index >= 15 is 0 Å². The maximum atomic E-state index is 5.83. The summed E-state index contributed by atoms with van der Waals surface area (Å²) < 4.78 is 5.47. The van der Waals surface area contributed by atoms with Crippen LogP contribution in [0.25, 0.3) is 0 Å². The molecule has 24 heavy (non-hydrogen) atoms. The van der Waals surface area contributed by atoms with Crippen LogP contribution in [0.2, 0.25) is 0 Å². The fourth-order valence-corrected chi connectivity index (χ4v) is 3.42. The first kappa shape index (κ1) is 16.8. The van der Waals surface area contributed by atoms with Crippen molar-refractivity contribution in [1.82, 2.24) is 14.9 Å². The second-order valence-corrected chi connectivity index (χ2v) is 6.56. The molecular weight excluding hydrogens is 302 g/mol.